The lowest BCUT2D eigenvalue weighted by Gasteiger charge is -2.55. The zero-order valence-corrected chi connectivity index (χ0v) is 12.2. The van der Waals surface area contributed by atoms with Gasteiger partial charge in [-0.15, -0.1) is 0 Å². The summed E-state index contributed by atoms with van der Waals surface area (Å²) in [5.74, 6) is 0. The molecule has 1 atom stereocenters. The minimum atomic E-state index is 0.0931. The van der Waals surface area contributed by atoms with Crippen LogP contribution in [0.2, 0.25) is 0 Å². The summed E-state index contributed by atoms with van der Waals surface area (Å²) in [5, 5.41) is 0. The van der Waals surface area contributed by atoms with Gasteiger partial charge in [0.25, 0.3) is 0 Å². The van der Waals surface area contributed by atoms with Crippen molar-refractivity contribution in [1.82, 2.24) is 4.90 Å². The zero-order chi connectivity index (χ0) is 13.3. The molecule has 110 valence electrons. The lowest BCUT2D eigenvalue weighted by molar-refractivity contribution is -0.160. The number of likely N-dealkylation sites (tertiary alicyclic amines) is 1. The highest BCUT2D eigenvalue weighted by Gasteiger charge is 2.46. The first-order valence-electron chi connectivity index (χ1n) is 7.89. The van der Waals surface area contributed by atoms with Crippen molar-refractivity contribution >= 4 is 0 Å². The summed E-state index contributed by atoms with van der Waals surface area (Å²) >= 11 is 0. The fraction of sp³-hybridized carbons (Fsp3) is 1.00. The molecule has 3 saturated heterocycles. The van der Waals surface area contributed by atoms with Crippen molar-refractivity contribution in [1.29, 1.82) is 0 Å². The maximum atomic E-state index is 6.39. The van der Waals surface area contributed by atoms with Crippen molar-refractivity contribution < 1.29 is 9.47 Å². The van der Waals surface area contributed by atoms with E-state index < -0.39 is 0 Å². The van der Waals surface area contributed by atoms with Crippen molar-refractivity contribution in [2.24, 2.45) is 5.73 Å². The van der Waals surface area contributed by atoms with Crippen LogP contribution in [-0.2, 0) is 9.47 Å². The second-order valence-electron chi connectivity index (χ2n) is 6.81. The van der Waals surface area contributed by atoms with Crippen molar-refractivity contribution in [3.05, 3.63) is 0 Å². The highest BCUT2D eigenvalue weighted by Crippen LogP contribution is 2.38. The molecule has 3 fully saturated rings. The SMILES string of the molecule is CCCC1(N)CN(C2CCOC3(CCOCC3)C2)C1. The van der Waals surface area contributed by atoms with Gasteiger partial charge in [0.05, 0.1) is 5.60 Å². The van der Waals surface area contributed by atoms with Gasteiger partial charge in [0.2, 0.25) is 0 Å². The van der Waals surface area contributed by atoms with Crippen LogP contribution in [0, 0.1) is 0 Å². The van der Waals surface area contributed by atoms with Crippen LogP contribution in [0.1, 0.15) is 45.4 Å². The quantitative estimate of drug-likeness (QED) is 0.843. The Morgan fingerprint density at radius 2 is 1.95 bits per heavy atom. The first-order valence-corrected chi connectivity index (χ1v) is 7.89. The topological polar surface area (TPSA) is 47.7 Å². The summed E-state index contributed by atoms with van der Waals surface area (Å²) in [4.78, 5) is 2.59. The highest BCUT2D eigenvalue weighted by atomic mass is 16.5. The molecular weight excluding hydrogens is 240 g/mol. The van der Waals surface area contributed by atoms with Gasteiger partial charge in [-0.25, -0.2) is 0 Å². The molecular formula is C15H28N2O2. The maximum Gasteiger partial charge on any atom is 0.0741 e. The lowest BCUT2D eigenvalue weighted by Crippen LogP contribution is -2.70. The summed E-state index contributed by atoms with van der Waals surface area (Å²) in [5.41, 5.74) is 6.59. The average molecular weight is 268 g/mol. The minimum absolute atomic E-state index is 0.0931. The van der Waals surface area contributed by atoms with Gasteiger partial charge in [-0.1, -0.05) is 13.3 Å². The molecule has 0 aromatic rings. The van der Waals surface area contributed by atoms with E-state index in [-0.39, 0.29) is 11.1 Å². The Morgan fingerprint density at radius 1 is 1.21 bits per heavy atom. The van der Waals surface area contributed by atoms with E-state index in [9.17, 15) is 0 Å². The molecule has 3 heterocycles. The number of hydrogen-bond acceptors (Lipinski definition) is 4. The molecule has 1 spiro atoms. The normalized spacial score (nSPS) is 34.1. The largest absolute Gasteiger partial charge is 0.381 e. The van der Waals surface area contributed by atoms with Gasteiger partial charge >= 0.3 is 0 Å². The Bertz CT molecular complexity index is 304. The summed E-state index contributed by atoms with van der Waals surface area (Å²) in [6.45, 7) is 7.03. The van der Waals surface area contributed by atoms with E-state index >= 15 is 0 Å². The summed E-state index contributed by atoms with van der Waals surface area (Å²) in [7, 11) is 0. The molecule has 0 radical (unpaired) electrons. The smallest absolute Gasteiger partial charge is 0.0741 e. The summed E-state index contributed by atoms with van der Waals surface area (Å²) < 4.78 is 11.6. The van der Waals surface area contributed by atoms with Gasteiger partial charge in [0.15, 0.2) is 0 Å². The van der Waals surface area contributed by atoms with Crippen LogP contribution >= 0.6 is 0 Å². The fourth-order valence-corrected chi connectivity index (χ4v) is 4.08. The van der Waals surface area contributed by atoms with E-state index in [1.165, 1.54) is 19.3 Å². The molecule has 4 nitrogen and oxygen atoms in total. The number of hydrogen-bond donors (Lipinski definition) is 1. The van der Waals surface area contributed by atoms with E-state index in [4.69, 9.17) is 15.2 Å². The predicted molar refractivity (Wildman–Crippen MR) is 75.2 cm³/mol. The van der Waals surface area contributed by atoms with Gasteiger partial charge < -0.3 is 15.2 Å². The van der Waals surface area contributed by atoms with Gasteiger partial charge in [0, 0.05) is 44.5 Å². The molecule has 0 aromatic heterocycles. The Balaban J connectivity index is 1.55. The molecule has 0 amide bonds. The highest BCUT2D eigenvalue weighted by molar-refractivity contribution is 5.04. The molecule has 1 unspecified atom stereocenters. The number of ether oxygens (including phenoxy) is 2. The van der Waals surface area contributed by atoms with Crippen LogP contribution < -0.4 is 5.73 Å². The van der Waals surface area contributed by atoms with E-state index in [1.807, 2.05) is 0 Å². The summed E-state index contributed by atoms with van der Waals surface area (Å²) in [6.07, 6.45) is 6.84. The predicted octanol–water partition coefficient (Wildman–Crippen LogP) is 1.53. The van der Waals surface area contributed by atoms with E-state index in [1.54, 1.807) is 0 Å². The van der Waals surface area contributed by atoms with E-state index in [0.29, 0.717) is 6.04 Å². The minimum Gasteiger partial charge on any atom is -0.381 e. The van der Waals surface area contributed by atoms with Crippen LogP contribution in [0.3, 0.4) is 0 Å². The first-order chi connectivity index (χ1) is 9.15. The van der Waals surface area contributed by atoms with Gasteiger partial charge in [0.1, 0.15) is 0 Å². The average Bonchev–Trinajstić information content (AvgIpc) is 2.37. The van der Waals surface area contributed by atoms with Gasteiger partial charge in [-0.2, -0.15) is 0 Å². The molecule has 3 aliphatic rings. The second kappa shape index (κ2) is 5.32. The second-order valence-corrected chi connectivity index (χ2v) is 6.81. The molecule has 3 aliphatic heterocycles. The third kappa shape index (κ3) is 2.82. The number of nitrogens with zero attached hydrogens (tertiary/aromatic N) is 1. The first kappa shape index (κ1) is 13.8. The Morgan fingerprint density at radius 3 is 2.63 bits per heavy atom. The van der Waals surface area contributed by atoms with Gasteiger partial charge in [-0.3, -0.25) is 4.90 Å². The van der Waals surface area contributed by atoms with E-state index in [0.717, 1.165) is 52.2 Å². The molecule has 0 aliphatic carbocycles. The molecule has 3 rings (SSSR count). The van der Waals surface area contributed by atoms with Gasteiger partial charge in [-0.05, 0) is 32.1 Å². The van der Waals surface area contributed by atoms with Crippen LogP contribution in [0.25, 0.3) is 0 Å². The monoisotopic (exact) mass is 268 g/mol. The van der Waals surface area contributed by atoms with Crippen molar-refractivity contribution in [2.75, 3.05) is 32.9 Å². The number of rotatable bonds is 3. The van der Waals surface area contributed by atoms with Crippen molar-refractivity contribution in [3.63, 3.8) is 0 Å². The standard InChI is InChI=1S/C15H28N2O2/c1-2-4-14(16)11-17(12-14)13-3-7-19-15(10-13)5-8-18-9-6-15/h13H,2-12,16H2,1H3. The Hall–Kier alpha value is -0.160. The van der Waals surface area contributed by atoms with Crippen LogP contribution in [0.15, 0.2) is 0 Å². The molecule has 19 heavy (non-hydrogen) atoms. The number of nitrogens with two attached hydrogens (primary N) is 1. The molecule has 2 N–H and O–H groups in total. The zero-order valence-electron chi connectivity index (χ0n) is 12.2. The van der Waals surface area contributed by atoms with Crippen LogP contribution in [0.5, 0.6) is 0 Å². The fourth-order valence-electron chi connectivity index (χ4n) is 4.08. The third-order valence-corrected chi connectivity index (χ3v) is 5.17. The lowest BCUT2D eigenvalue weighted by atomic mass is 9.79. The molecule has 0 saturated carbocycles. The maximum absolute atomic E-state index is 6.39. The Kier molecular flexibility index (Phi) is 3.87. The van der Waals surface area contributed by atoms with Crippen LogP contribution in [-0.4, -0.2) is 55.0 Å². The molecule has 0 aromatic carbocycles. The van der Waals surface area contributed by atoms with E-state index in [2.05, 4.69) is 11.8 Å². The third-order valence-electron chi connectivity index (χ3n) is 5.17. The van der Waals surface area contributed by atoms with Crippen molar-refractivity contribution in [2.45, 2.75) is 62.6 Å². The summed E-state index contributed by atoms with van der Waals surface area (Å²) in [6, 6.07) is 0.681. The Labute approximate surface area is 116 Å². The van der Waals surface area contributed by atoms with Crippen molar-refractivity contribution in [3.8, 4) is 0 Å². The molecule has 4 heteroatoms. The molecule has 0 bridgehead atoms. The van der Waals surface area contributed by atoms with Crippen LogP contribution in [0.4, 0.5) is 0 Å².